The first-order chi connectivity index (χ1) is 7.90. The molecule has 0 aliphatic heterocycles. The van der Waals surface area contributed by atoms with Crippen LogP contribution in [0.2, 0.25) is 0 Å². The number of amides is 1. The van der Waals surface area contributed by atoms with E-state index < -0.39 is 17.9 Å². The number of halogens is 1. The second-order valence-corrected chi connectivity index (χ2v) is 3.66. The minimum atomic E-state index is -1.24. The third kappa shape index (κ3) is 3.84. The number of hydrogen-bond donors (Lipinski definition) is 3. The van der Waals surface area contributed by atoms with Gasteiger partial charge in [-0.2, -0.15) is 0 Å². The predicted molar refractivity (Wildman–Crippen MR) is 60.0 cm³/mol. The highest BCUT2D eigenvalue weighted by Crippen LogP contribution is 2.13. The Kier molecular flexibility index (Phi) is 4.17. The van der Waals surface area contributed by atoms with Gasteiger partial charge in [0, 0.05) is 5.69 Å². The molecule has 0 radical (unpaired) electrons. The van der Waals surface area contributed by atoms with Crippen LogP contribution in [-0.2, 0) is 9.59 Å². The highest BCUT2D eigenvalue weighted by molar-refractivity contribution is 5.94. The van der Waals surface area contributed by atoms with Crippen LogP contribution in [0.25, 0.3) is 0 Å². The topological polar surface area (TPSA) is 92.4 Å². The molecule has 0 aliphatic rings. The lowest BCUT2D eigenvalue weighted by Gasteiger charge is -2.08. The molecule has 92 valence electrons. The first kappa shape index (κ1) is 13.1. The number of carboxylic acids is 1. The summed E-state index contributed by atoms with van der Waals surface area (Å²) >= 11 is 0. The number of rotatable bonds is 4. The van der Waals surface area contributed by atoms with E-state index >= 15 is 0 Å². The molecule has 1 amide bonds. The molecule has 1 aromatic rings. The van der Waals surface area contributed by atoms with Crippen molar-refractivity contribution in [3.05, 3.63) is 29.6 Å². The molecule has 0 fully saturated rings. The predicted octanol–water partition coefficient (Wildman–Crippen LogP) is 0.875. The number of hydrogen-bond acceptors (Lipinski definition) is 3. The summed E-state index contributed by atoms with van der Waals surface area (Å²) in [6.45, 7) is 1.56. The number of benzene rings is 1. The molecular formula is C11H13FN2O3. The van der Waals surface area contributed by atoms with Crippen LogP contribution < -0.4 is 11.1 Å². The molecule has 0 saturated carbocycles. The van der Waals surface area contributed by atoms with Gasteiger partial charge in [-0.25, -0.2) is 4.39 Å². The molecule has 1 atom stereocenters. The Morgan fingerprint density at radius 3 is 2.71 bits per heavy atom. The lowest BCUT2D eigenvalue weighted by Crippen LogP contribution is -2.34. The molecule has 0 aromatic heterocycles. The number of aliphatic carboxylic acids is 1. The van der Waals surface area contributed by atoms with Crippen molar-refractivity contribution in [2.24, 2.45) is 5.73 Å². The average molecular weight is 240 g/mol. The van der Waals surface area contributed by atoms with E-state index in [1.54, 1.807) is 6.92 Å². The number of aryl methyl sites for hydroxylation is 1. The molecule has 4 N–H and O–H groups in total. The van der Waals surface area contributed by atoms with Crippen LogP contribution in [0.1, 0.15) is 12.0 Å². The Bertz CT molecular complexity index is 448. The second kappa shape index (κ2) is 5.40. The van der Waals surface area contributed by atoms with Crippen molar-refractivity contribution in [3.8, 4) is 0 Å². The zero-order valence-corrected chi connectivity index (χ0v) is 9.24. The van der Waals surface area contributed by atoms with Crippen molar-refractivity contribution in [2.45, 2.75) is 19.4 Å². The zero-order valence-electron chi connectivity index (χ0n) is 9.24. The van der Waals surface area contributed by atoms with Gasteiger partial charge in [0.1, 0.15) is 11.9 Å². The maximum Gasteiger partial charge on any atom is 0.321 e. The Labute approximate surface area is 97.4 Å². The Balaban J connectivity index is 2.62. The number of carbonyl (C=O) groups excluding carboxylic acids is 1. The number of nitrogens with one attached hydrogen (secondary N) is 1. The highest BCUT2D eigenvalue weighted by Gasteiger charge is 2.16. The van der Waals surface area contributed by atoms with E-state index in [9.17, 15) is 14.0 Å². The van der Waals surface area contributed by atoms with Crippen LogP contribution in [0, 0.1) is 12.7 Å². The largest absolute Gasteiger partial charge is 0.480 e. The molecule has 0 heterocycles. The molecule has 17 heavy (non-hydrogen) atoms. The number of carbonyl (C=O) groups is 2. The monoisotopic (exact) mass is 240 g/mol. The summed E-state index contributed by atoms with van der Waals surface area (Å²) in [7, 11) is 0. The molecule has 1 rings (SSSR count). The Hall–Kier alpha value is -1.95. The van der Waals surface area contributed by atoms with Gasteiger partial charge in [-0.1, -0.05) is 0 Å². The Morgan fingerprint density at radius 2 is 2.18 bits per heavy atom. The van der Waals surface area contributed by atoms with Gasteiger partial charge in [0.15, 0.2) is 0 Å². The van der Waals surface area contributed by atoms with Crippen LogP contribution in [0.3, 0.4) is 0 Å². The molecule has 6 heteroatoms. The zero-order chi connectivity index (χ0) is 13.0. The SMILES string of the molecule is Cc1cc(NC(=O)CC(N)C(=O)O)ccc1F. The third-order valence-electron chi connectivity index (χ3n) is 2.16. The minimum absolute atomic E-state index is 0.328. The summed E-state index contributed by atoms with van der Waals surface area (Å²) in [5.41, 5.74) is 6.01. The lowest BCUT2D eigenvalue weighted by molar-refractivity contribution is -0.140. The first-order valence-electron chi connectivity index (χ1n) is 4.94. The summed E-state index contributed by atoms with van der Waals surface area (Å²) in [6, 6.07) is 2.84. The standard InChI is InChI=1S/C11H13FN2O3/c1-6-4-7(2-3-8(6)12)14-10(15)5-9(13)11(16)17/h2-4,9H,5,13H2,1H3,(H,14,15)(H,16,17). The molecule has 1 unspecified atom stereocenters. The van der Waals surface area contributed by atoms with Gasteiger partial charge >= 0.3 is 5.97 Å². The first-order valence-corrected chi connectivity index (χ1v) is 4.94. The van der Waals surface area contributed by atoms with E-state index in [0.717, 1.165) is 0 Å². The maximum atomic E-state index is 12.9. The van der Waals surface area contributed by atoms with Crippen LogP contribution in [0.4, 0.5) is 10.1 Å². The van der Waals surface area contributed by atoms with Crippen molar-refractivity contribution < 1.29 is 19.1 Å². The van der Waals surface area contributed by atoms with Gasteiger partial charge in [0.2, 0.25) is 5.91 Å². The molecule has 5 nitrogen and oxygen atoms in total. The fourth-order valence-corrected chi connectivity index (χ4v) is 1.22. The van der Waals surface area contributed by atoms with Crippen molar-refractivity contribution in [2.75, 3.05) is 5.32 Å². The van der Waals surface area contributed by atoms with Crippen molar-refractivity contribution >= 4 is 17.6 Å². The van der Waals surface area contributed by atoms with Gasteiger partial charge < -0.3 is 16.2 Å². The van der Waals surface area contributed by atoms with E-state index in [2.05, 4.69) is 5.32 Å². The van der Waals surface area contributed by atoms with Crippen molar-refractivity contribution in [1.29, 1.82) is 0 Å². The highest BCUT2D eigenvalue weighted by atomic mass is 19.1. The van der Waals surface area contributed by atoms with E-state index in [-0.39, 0.29) is 12.2 Å². The molecule has 1 aromatic carbocycles. The molecule has 0 bridgehead atoms. The summed E-state index contributed by atoms with van der Waals surface area (Å²) in [6.07, 6.45) is -0.328. The van der Waals surface area contributed by atoms with E-state index in [1.165, 1.54) is 18.2 Å². The summed E-state index contributed by atoms with van der Waals surface area (Å²) in [5.74, 6) is -2.13. The van der Waals surface area contributed by atoms with Gasteiger partial charge in [0.25, 0.3) is 0 Å². The fourth-order valence-electron chi connectivity index (χ4n) is 1.22. The van der Waals surface area contributed by atoms with Crippen molar-refractivity contribution in [1.82, 2.24) is 0 Å². The number of nitrogens with two attached hydrogens (primary N) is 1. The molecular weight excluding hydrogens is 227 g/mol. The quantitative estimate of drug-likeness (QED) is 0.728. The maximum absolute atomic E-state index is 12.9. The summed E-state index contributed by atoms with van der Waals surface area (Å²) in [5, 5.41) is 11.0. The van der Waals surface area contributed by atoms with Gasteiger partial charge in [-0.15, -0.1) is 0 Å². The van der Waals surface area contributed by atoms with Crippen LogP contribution in [0.5, 0.6) is 0 Å². The van der Waals surface area contributed by atoms with Gasteiger partial charge in [-0.05, 0) is 30.7 Å². The third-order valence-corrected chi connectivity index (χ3v) is 2.16. The van der Waals surface area contributed by atoms with Crippen molar-refractivity contribution in [3.63, 3.8) is 0 Å². The van der Waals surface area contributed by atoms with Crippen LogP contribution >= 0.6 is 0 Å². The molecule has 0 saturated heterocycles. The van der Waals surface area contributed by atoms with E-state index in [1.807, 2.05) is 0 Å². The average Bonchev–Trinajstić information content (AvgIpc) is 2.23. The second-order valence-electron chi connectivity index (χ2n) is 3.66. The molecule has 0 spiro atoms. The minimum Gasteiger partial charge on any atom is -0.480 e. The summed E-state index contributed by atoms with van der Waals surface area (Å²) in [4.78, 5) is 21.8. The van der Waals surface area contributed by atoms with E-state index in [4.69, 9.17) is 10.8 Å². The fraction of sp³-hybridized carbons (Fsp3) is 0.273. The Morgan fingerprint density at radius 1 is 1.53 bits per heavy atom. The van der Waals surface area contributed by atoms with Gasteiger partial charge in [0.05, 0.1) is 6.42 Å². The number of anilines is 1. The van der Waals surface area contributed by atoms with E-state index in [0.29, 0.717) is 11.3 Å². The van der Waals surface area contributed by atoms with Crippen LogP contribution in [0.15, 0.2) is 18.2 Å². The van der Waals surface area contributed by atoms with Crippen LogP contribution in [-0.4, -0.2) is 23.0 Å². The normalized spacial score (nSPS) is 11.9. The molecule has 0 aliphatic carbocycles. The van der Waals surface area contributed by atoms with Gasteiger partial charge in [-0.3, -0.25) is 9.59 Å². The smallest absolute Gasteiger partial charge is 0.321 e. The number of carboxylic acid groups (broad SMARTS) is 1. The lowest BCUT2D eigenvalue weighted by atomic mass is 10.2. The summed E-state index contributed by atoms with van der Waals surface area (Å²) < 4.78 is 12.9.